The number of hydrogen-bond acceptors (Lipinski definition) is 3. The predicted octanol–water partition coefficient (Wildman–Crippen LogP) is 1.90. The minimum atomic E-state index is -1.27. The molecule has 7 heteroatoms. The standard InChI is InChI=1S/C16H21FN2O4/c1-3-7-18-14(20)10-19(8-4-2)15(21)12-6-5-11(16(22)23)9-13(12)17/h5-6,9H,3-4,7-8,10H2,1-2H3,(H,18,20)(H,22,23). The van der Waals surface area contributed by atoms with E-state index in [1.165, 1.54) is 11.0 Å². The van der Waals surface area contributed by atoms with Gasteiger partial charge in [0.15, 0.2) is 0 Å². The maximum absolute atomic E-state index is 14.0. The summed E-state index contributed by atoms with van der Waals surface area (Å²) < 4.78 is 14.0. The molecule has 6 nitrogen and oxygen atoms in total. The van der Waals surface area contributed by atoms with Crippen molar-refractivity contribution in [3.63, 3.8) is 0 Å². The van der Waals surface area contributed by atoms with Gasteiger partial charge in [-0.1, -0.05) is 13.8 Å². The highest BCUT2D eigenvalue weighted by Crippen LogP contribution is 2.13. The molecule has 0 heterocycles. The van der Waals surface area contributed by atoms with Gasteiger partial charge < -0.3 is 15.3 Å². The van der Waals surface area contributed by atoms with Crippen LogP contribution in [0.2, 0.25) is 0 Å². The van der Waals surface area contributed by atoms with E-state index in [9.17, 15) is 18.8 Å². The number of hydrogen-bond donors (Lipinski definition) is 2. The van der Waals surface area contributed by atoms with Crippen LogP contribution in [0.5, 0.6) is 0 Å². The van der Waals surface area contributed by atoms with Crippen molar-refractivity contribution in [3.8, 4) is 0 Å². The summed E-state index contributed by atoms with van der Waals surface area (Å²) in [6.45, 7) is 4.41. The van der Waals surface area contributed by atoms with E-state index in [2.05, 4.69) is 5.32 Å². The molecule has 2 amide bonds. The van der Waals surface area contributed by atoms with Crippen molar-refractivity contribution in [1.29, 1.82) is 0 Å². The van der Waals surface area contributed by atoms with Gasteiger partial charge in [0.25, 0.3) is 5.91 Å². The zero-order valence-corrected chi connectivity index (χ0v) is 13.3. The van der Waals surface area contributed by atoms with E-state index >= 15 is 0 Å². The molecule has 0 aliphatic heterocycles. The second-order valence-corrected chi connectivity index (χ2v) is 5.08. The summed E-state index contributed by atoms with van der Waals surface area (Å²) in [6.07, 6.45) is 1.39. The van der Waals surface area contributed by atoms with Crippen LogP contribution in [-0.4, -0.2) is 47.4 Å². The number of nitrogens with one attached hydrogen (secondary N) is 1. The van der Waals surface area contributed by atoms with Gasteiger partial charge in [-0.3, -0.25) is 9.59 Å². The van der Waals surface area contributed by atoms with Crippen LogP contribution in [0.4, 0.5) is 4.39 Å². The van der Waals surface area contributed by atoms with E-state index in [-0.39, 0.29) is 23.6 Å². The lowest BCUT2D eigenvalue weighted by Gasteiger charge is -2.22. The number of amides is 2. The molecule has 0 aliphatic carbocycles. The Hall–Kier alpha value is -2.44. The van der Waals surface area contributed by atoms with E-state index in [1.54, 1.807) is 0 Å². The van der Waals surface area contributed by atoms with Crippen LogP contribution in [0.25, 0.3) is 0 Å². The number of halogens is 1. The Morgan fingerprint density at radius 3 is 2.43 bits per heavy atom. The third-order valence-electron chi connectivity index (χ3n) is 3.13. The highest BCUT2D eigenvalue weighted by Gasteiger charge is 2.21. The summed E-state index contributed by atoms with van der Waals surface area (Å²) in [5, 5.41) is 11.5. The highest BCUT2D eigenvalue weighted by molar-refractivity contribution is 5.98. The Bertz CT molecular complexity index is 589. The van der Waals surface area contributed by atoms with E-state index in [0.717, 1.165) is 18.6 Å². The Morgan fingerprint density at radius 2 is 1.91 bits per heavy atom. The number of aromatic carboxylic acids is 1. The molecule has 0 aromatic heterocycles. The average Bonchev–Trinajstić information content (AvgIpc) is 2.51. The second kappa shape index (κ2) is 8.87. The fourth-order valence-electron chi connectivity index (χ4n) is 2.01. The van der Waals surface area contributed by atoms with Gasteiger partial charge in [-0.15, -0.1) is 0 Å². The van der Waals surface area contributed by atoms with Gasteiger partial charge in [-0.25, -0.2) is 9.18 Å². The monoisotopic (exact) mass is 324 g/mol. The third kappa shape index (κ3) is 5.36. The normalized spacial score (nSPS) is 10.2. The van der Waals surface area contributed by atoms with Crippen LogP contribution < -0.4 is 5.32 Å². The number of carbonyl (C=O) groups excluding carboxylic acids is 2. The predicted molar refractivity (Wildman–Crippen MR) is 82.9 cm³/mol. The molecule has 0 aliphatic rings. The Kier molecular flexibility index (Phi) is 7.18. The minimum Gasteiger partial charge on any atom is -0.478 e. The Balaban J connectivity index is 2.92. The zero-order chi connectivity index (χ0) is 17.4. The molecule has 0 bridgehead atoms. The summed E-state index contributed by atoms with van der Waals surface area (Å²) in [5.41, 5.74) is -0.478. The smallest absolute Gasteiger partial charge is 0.335 e. The quantitative estimate of drug-likeness (QED) is 0.764. The first kappa shape index (κ1) is 18.6. The van der Waals surface area contributed by atoms with Gasteiger partial charge in [0.05, 0.1) is 17.7 Å². The molecule has 23 heavy (non-hydrogen) atoms. The minimum absolute atomic E-state index is 0.160. The van der Waals surface area contributed by atoms with Crippen molar-refractivity contribution < 1.29 is 23.9 Å². The summed E-state index contributed by atoms with van der Waals surface area (Å²) in [6, 6.07) is 3.10. The lowest BCUT2D eigenvalue weighted by molar-refractivity contribution is -0.121. The number of nitrogens with zero attached hydrogens (tertiary/aromatic N) is 1. The fourth-order valence-corrected chi connectivity index (χ4v) is 2.01. The molecule has 0 radical (unpaired) electrons. The van der Waals surface area contributed by atoms with Crippen molar-refractivity contribution in [2.75, 3.05) is 19.6 Å². The molecule has 0 fully saturated rings. The molecular formula is C16H21FN2O4. The first-order valence-electron chi connectivity index (χ1n) is 7.49. The van der Waals surface area contributed by atoms with Crippen molar-refractivity contribution in [2.24, 2.45) is 0 Å². The van der Waals surface area contributed by atoms with Crippen molar-refractivity contribution in [2.45, 2.75) is 26.7 Å². The molecule has 126 valence electrons. The molecule has 1 aromatic rings. The largest absolute Gasteiger partial charge is 0.478 e. The molecule has 0 atom stereocenters. The number of rotatable bonds is 8. The lowest BCUT2D eigenvalue weighted by atomic mass is 10.1. The Morgan fingerprint density at radius 1 is 1.22 bits per heavy atom. The molecular weight excluding hydrogens is 303 g/mol. The fraction of sp³-hybridized carbons (Fsp3) is 0.438. The molecule has 1 rings (SSSR count). The van der Waals surface area contributed by atoms with Crippen molar-refractivity contribution in [1.82, 2.24) is 10.2 Å². The molecule has 0 spiro atoms. The van der Waals surface area contributed by atoms with Gasteiger partial charge in [-0.2, -0.15) is 0 Å². The second-order valence-electron chi connectivity index (χ2n) is 5.08. The van der Waals surface area contributed by atoms with Gasteiger partial charge in [0.2, 0.25) is 5.91 Å². The first-order chi connectivity index (χ1) is 10.9. The van der Waals surface area contributed by atoms with E-state index in [4.69, 9.17) is 5.11 Å². The summed E-state index contributed by atoms with van der Waals surface area (Å²) in [7, 11) is 0. The third-order valence-corrected chi connectivity index (χ3v) is 3.13. The van der Waals surface area contributed by atoms with Crippen molar-refractivity contribution in [3.05, 3.63) is 35.1 Å². The van der Waals surface area contributed by atoms with Gasteiger partial charge in [0.1, 0.15) is 5.82 Å². The molecule has 0 unspecified atom stereocenters. The number of carboxylic acids is 1. The van der Waals surface area contributed by atoms with E-state index in [1.807, 2.05) is 13.8 Å². The van der Waals surface area contributed by atoms with E-state index in [0.29, 0.717) is 19.5 Å². The summed E-state index contributed by atoms with van der Waals surface area (Å²) >= 11 is 0. The van der Waals surface area contributed by atoms with Crippen LogP contribution in [-0.2, 0) is 4.79 Å². The average molecular weight is 324 g/mol. The highest BCUT2D eigenvalue weighted by atomic mass is 19.1. The Labute approximate surface area is 134 Å². The molecule has 0 saturated carbocycles. The summed E-state index contributed by atoms with van der Waals surface area (Å²) in [5.74, 6) is -3.12. The number of carbonyl (C=O) groups is 3. The van der Waals surface area contributed by atoms with Crippen LogP contribution in [0.1, 0.15) is 47.4 Å². The lowest BCUT2D eigenvalue weighted by Crippen LogP contribution is -2.41. The number of benzene rings is 1. The first-order valence-corrected chi connectivity index (χ1v) is 7.49. The maximum Gasteiger partial charge on any atom is 0.335 e. The van der Waals surface area contributed by atoms with Gasteiger partial charge >= 0.3 is 5.97 Å². The van der Waals surface area contributed by atoms with E-state index < -0.39 is 17.7 Å². The number of carboxylic acid groups (broad SMARTS) is 1. The maximum atomic E-state index is 14.0. The molecule has 0 saturated heterocycles. The van der Waals surface area contributed by atoms with Crippen molar-refractivity contribution >= 4 is 17.8 Å². The molecule has 2 N–H and O–H groups in total. The van der Waals surface area contributed by atoms with Crippen LogP contribution in [0.15, 0.2) is 18.2 Å². The zero-order valence-electron chi connectivity index (χ0n) is 13.3. The van der Waals surface area contributed by atoms with Gasteiger partial charge in [-0.05, 0) is 31.0 Å². The van der Waals surface area contributed by atoms with Crippen LogP contribution in [0.3, 0.4) is 0 Å². The van der Waals surface area contributed by atoms with Crippen LogP contribution >= 0.6 is 0 Å². The molecule has 1 aromatic carbocycles. The topological polar surface area (TPSA) is 86.7 Å². The van der Waals surface area contributed by atoms with Gasteiger partial charge in [0, 0.05) is 13.1 Å². The van der Waals surface area contributed by atoms with Crippen LogP contribution in [0, 0.1) is 5.82 Å². The summed E-state index contributed by atoms with van der Waals surface area (Å²) in [4.78, 5) is 36.2. The SMILES string of the molecule is CCCNC(=O)CN(CCC)C(=O)c1ccc(C(=O)O)cc1F.